The van der Waals surface area contributed by atoms with Crippen LogP contribution in [0.1, 0.15) is 33.6 Å². The third-order valence-corrected chi connectivity index (χ3v) is 2.26. The molecule has 0 saturated heterocycles. The highest BCUT2D eigenvalue weighted by atomic mass is 16.4. The highest BCUT2D eigenvalue weighted by Crippen LogP contribution is 2.03. The van der Waals surface area contributed by atoms with E-state index in [9.17, 15) is 9.90 Å². The molecule has 0 fully saturated rings. The number of carboxylic acid groups (broad SMARTS) is 1. The molecule has 0 amide bonds. The first kappa shape index (κ1) is 13.4. The molecule has 1 atom stereocenters. The van der Waals surface area contributed by atoms with Crippen LogP contribution >= 0.6 is 0 Å². The average molecular weight is 203 g/mol. The quantitative estimate of drug-likeness (QED) is 0.646. The molecular weight excluding hydrogens is 182 g/mol. The number of rotatable bonds is 7. The van der Waals surface area contributed by atoms with Crippen LogP contribution in [0.4, 0.5) is 0 Å². The molecule has 4 heteroatoms. The Bertz CT molecular complexity index is 171. The summed E-state index contributed by atoms with van der Waals surface area (Å²) < 4.78 is 0. The van der Waals surface area contributed by atoms with Crippen molar-refractivity contribution in [3.63, 3.8) is 0 Å². The fourth-order valence-corrected chi connectivity index (χ4v) is 1.20. The lowest BCUT2D eigenvalue weighted by Crippen LogP contribution is -2.38. The van der Waals surface area contributed by atoms with E-state index in [1.807, 2.05) is 25.7 Å². The second-order valence-electron chi connectivity index (χ2n) is 3.79. The lowest BCUT2D eigenvalue weighted by molar-refractivity contribution is -0.137. The summed E-state index contributed by atoms with van der Waals surface area (Å²) in [6, 6.07) is 0.274. The molecule has 0 heterocycles. The minimum atomic E-state index is -0.790. The Hall–Kier alpha value is -0.610. The molecule has 0 radical (unpaired) electrons. The predicted molar refractivity (Wildman–Crippen MR) is 55.3 cm³/mol. The van der Waals surface area contributed by atoms with Crippen LogP contribution in [0.5, 0.6) is 0 Å². The van der Waals surface area contributed by atoms with Crippen molar-refractivity contribution in [3.05, 3.63) is 0 Å². The standard InChI is InChI=1S/C10H21NO3/c1-4-9(12)7-11(8(2)3)6-5-10(13)14/h8-9,12H,4-7H2,1-3H3,(H,13,14). The third-order valence-electron chi connectivity index (χ3n) is 2.26. The van der Waals surface area contributed by atoms with Gasteiger partial charge in [0, 0.05) is 19.1 Å². The summed E-state index contributed by atoms with van der Waals surface area (Å²) in [7, 11) is 0. The van der Waals surface area contributed by atoms with Crippen LogP contribution in [0.15, 0.2) is 0 Å². The molecule has 2 N–H and O–H groups in total. The molecule has 0 saturated carbocycles. The third kappa shape index (κ3) is 5.94. The molecule has 0 aromatic heterocycles. The van der Waals surface area contributed by atoms with Gasteiger partial charge >= 0.3 is 5.97 Å². The molecule has 0 aliphatic heterocycles. The van der Waals surface area contributed by atoms with Crippen molar-refractivity contribution in [3.8, 4) is 0 Å². The van der Waals surface area contributed by atoms with Crippen molar-refractivity contribution in [1.82, 2.24) is 4.90 Å². The Kier molecular flexibility index (Phi) is 6.49. The Labute approximate surface area is 85.5 Å². The van der Waals surface area contributed by atoms with Gasteiger partial charge in [-0.2, -0.15) is 0 Å². The van der Waals surface area contributed by atoms with Gasteiger partial charge in [0.1, 0.15) is 0 Å². The van der Waals surface area contributed by atoms with Crippen LogP contribution < -0.4 is 0 Å². The Balaban J connectivity index is 3.95. The van der Waals surface area contributed by atoms with Gasteiger partial charge in [-0.25, -0.2) is 0 Å². The molecule has 0 bridgehead atoms. The summed E-state index contributed by atoms with van der Waals surface area (Å²) in [6.45, 7) is 6.99. The van der Waals surface area contributed by atoms with E-state index in [2.05, 4.69) is 0 Å². The minimum Gasteiger partial charge on any atom is -0.481 e. The predicted octanol–water partition coefficient (Wildman–Crippen LogP) is 0.942. The van der Waals surface area contributed by atoms with E-state index in [0.29, 0.717) is 19.5 Å². The minimum absolute atomic E-state index is 0.134. The molecule has 0 aromatic rings. The maximum atomic E-state index is 10.4. The van der Waals surface area contributed by atoms with E-state index in [1.165, 1.54) is 0 Å². The van der Waals surface area contributed by atoms with Crippen LogP contribution in [-0.4, -0.2) is 46.3 Å². The Morgan fingerprint density at radius 2 is 2.00 bits per heavy atom. The van der Waals surface area contributed by atoms with Crippen molar-refractivity contribution in [1.29, 1.82) is 0 Å². The molecule has 0 rings (SSSR count). The fraction of sp³-hybridized carbons (Fsp3) is 0.900. The first-order valence-corrected chi connectivity index (χ1v) is 5.11. The second-order valence-corrected chi connectivity index (χ2v) is 3.79. The van der Waals surface area contributed by atoms with Gasteiger partial charge in [-0.15, -0.1) is 0 Å². The molecular formula is C10H21NO3. The monoisotopic (exact) mass is 203 g/mol. The smallest absolute Gasteiger partial charge is 0.304 e. The van der Waals surface area contributed by atoms with Crippen LogP contribution in [0.3, 0.4) is 0 Å². The summed E-state index contributed by atoms with van der Waals surface area (Å²) in [5.41, 5.74) is 0. The van der Waals surface area contributed by atoms with Gasteiger partial charge in [-0.05, 0) is 20.3 Å². The summed E-state index contributed by atoms with van der Waals surface area (Å²) >= 11 is 0. The number of aliphatic carboxylic acids is 1. The molecule has 0 spiro atoms. The van der Waals surface area contributed by atoms with E-state index in [4.69, 9.17) is 5.11 Å². The summed E-state index contributed by atoms with van der Waals surface area (Å²) in [4.78, 5) is 12.4. The number of aliphatic hydroxyl groups excluding tert-OH is 1. The molecule has 0 aromatic carbocycles. The number of carbonyl (C=O) groups is 1. The number of carboxylic acids is 1. The largest absolute Gasteiger partial charge is 0.481 e. The summed E-state index contributed by atoms with van der Waals surface area (Å²) in [6.07, 6.45) is 0.483. The van der Waals surface area contributed by atoms with Gasteiger partial charge < -0.3 is 10.2 Å². The van der Waals surface area contributed by atoms with Crippen molar-refractivity contribution in [2.75, 3.05) is 13.1 Å². The van der Waals surface area contributed by atoms with Crippen molar-refractivity contribution >= 4 is 5.97 Å². The molecule has 1 unspecified atom stereocenters. The normalized spacial score (nSPS) is 13.6. The fourth-order valence-electron chi connectivity index (χ4n) is 1.20. The molecule has 84 valence electrons. The van der Waals surface area contributed by atoms with Crippen LogP contribution in [0.25, 0.3) is 0 Å². The SMILES string of the molecule is CCC(O)CN(CCC(=O)O)C(C)C. The van der Waals surface area contributed by atoms with Crippen LogP contribution in [-0.2, 0) is 4.79 Å². The van der Waals surface area contributed by atoms with Gasteiger partial charge in [0.05, 0.1) is 12.5 Å². The Morgan fingerprint density at radius 1 is 1.43 bits per heavy atom. The topological polar surface area (TPSA) is 60.8 Å². The van der Waals surface area contributed by atoms with Gasteiger partial charge in [-0.1, -0.05) is 6.92 Å². The van der Waals surface area contributed by atoms with Gasteiger partial charge in [0.2, 0.25) is 0 Å². The second kappa shape index (κ2) is 6.79. The Morgan fingerprint density at radius 3 is 2.36 bits per heavy atom. The van der Waals surface area contributed by atoms with Crippen molar-refractivity contribution in [2.24, 2.45) is 0 Å². The molecule has 14 heavy (non-hydrogen) atoms. The number of nitrogens with zero attached hydrogens (tertiary/aromatic N) is 1. The van der Waals surface area contributed by atoms with Gasteiger partial charge in [0.15, 0.2) is 0 Å². The number of aliphatic hydroxyl groups is 1. The number of hydrogen-bond donors (Lipinski definition) is 2. The van der Waals surface area contributed by atoms with Crippen LogP contribution in [0.2, 0.25) is 0 Å². The zero-order valence-electron chi connectivity index (χ0n) is 9.23. The zero-order valence-corrected chi connectivity index (χ0v) is 9.23. The number of hydrogen-bond acceptors (Lipinski definition) is 3. The van der Waals surface area contributed by atoms with Crippen molar-refractivity contribution < 1.29 is 15.0 Å². The average Bonchev–Trinajstić information content (AvgIpc) is 2.10. The highest BCUT2D eigenvalue weighted by Gasteiger charge is 2.14. The van der Waals surface area contributed by atoms with Crippen molar-refractivity contribution in [2.45, 2.75) is 45.8 Å². The molecule has 0 aliphatic carbocycles. The van der Waals surface area contributed by atoms with E-state index in [0.717, 1.165) is 0 Å². The van der Waals surface area contributed by atoms with E-state index >= 15 is 0 Å². The van der Waals surface area contributed by atoms with Crippen LogP contribution in [0, 0.1) is 0 Å². The molecule has 4 nitrogen and oxygen atoms in total. The van der Waals surface area contributed by atoms with E-state index in [-0.39, 0.29) is 18.6 Å². The maximum Gasteiger partial charge on any atom is 0.304 e. The maximum absolute atomic E-state index is 10.4. The zero-order chi connectivity index (χ0) is 11.1. The summed E-state index contributed by atoms with van der Waals surface area (Å²) in [5, 5.41) is 18.0. The first-order chi connectivity index (χ1) is 6.47. The highest BCUT2D eigenvalue weighted by molar-refractivity contribution is 5.66. The van der Waals surface area contributed by atoms with Gasteiger partial charge in [0.25, 0.3) is 0 Å². The van der Waals surface area contributed by atoms with Gasteiger partial charge in [-0.3, -0.25) is 9.69 Å². The molecule has 0 aliphatic rings. The van der Waals surface area contributed by atoms with E-state index in [1.54, 1.807) is 0 Å². The van der Waals surface area contributed by atoms with E-state index < -0.39 is 5.97 Å². The lowest BCUT2D eigenvalue weighted by atomic mass is 10.2. The summed E-state index contributed by atoms with van der Waals surface area (Å²) in [5.74, 6) is -0.790. The first-order valence-electron chi connectivity index (χ1n) is 5.11. The lowest BCUT2D eigenvalue weighted by Gasteiger charge is -2.27.